The fourth-order valence-electron chi connectivity index (χ4n) is 2.74. The van der Waals surface area contributed by atoms with Crippen LogP contribution < -0.4 is 10.2 Å². The fourth-order valence-corrected chi connectivity index (χ4v) is 2.74. The first-order chi connectivity index (χ1) is 8.76. The van der Waals surface area contributed by atoms with Crippen LogP contribution in [0.25, 0.3) is 0 Å². The van der Waals surface area contributed by atoms with Crippen LogP contribution in [0.1, 0.15) is 38.7 Å². The Morgan fingerprint density at radius 3 is 2.89 bits per heavy atom. The zero-order chi connectivity index (χ0) is 13.0. The second-order valence-corrected chi connectivity index (χ2v) is 4.96. The van der Waals surface area contributed by atoms with E-state index in [0.717, 1.165) is 37.3 Å². The third-order valence-electron chi connectivity index (χ3n) is 3.75. The summed E-state index contributed by atoms with van der Waals surface area (Å²) in [4.78, 5) is 2.23. The van der Waals surface area contributed by atoms with E-state index in [1.807, 2.05) is 12.1 Å². The molecular formula is C15H23FN2. The fraction of sp³-hybridized carbons (Fsp3) is 0.600. The Morgan fingerprint density at radius 1 is 1.39 bits per heavy atom. The average molecular weight is 250 g/mol. The van der Waals surface area contributed by atoms with Crippen molar-refractivity contribution in [2.24, 2.45) is 0 Å². The van der Waals surface area contributed by atoms with E-state index in [1.165, 1.54) is 12.8 Å². The van der Waals surface area contributed by atoms with Gasteiger partial charge in [0.25, 0.3) is 0 Å². The zero-order valence-corrected chi connectivity index (χ0v) is 11.4. The van der Waals surface area contributed by atoms with Crippen LogP contribution in [0.4, 0.5) is 10.1 Å². The molecule has 0 amide bonds. The van der Waals surface area contributed by atoms with E-state index in [1.54, 1.807) is 6.07 Å². The zero-order valence-electron chi connectivity index (χ0n) is 11.4. The van der Waals surface area contributed by atoms with Gasteiger partial charge < -0.3 is 10.2 Å². The van der Waals surface area contributed by atoms with Gasteiger partial charge in [-0.05, 0) is 43.5 Å². The highest BCUT2D eigenvalue weighted by Gasteiger charge is 2.25. The van der Waals surface area contributed by atoms with Gasteiger partial charge in [-0.25, -0.2) is 4.39 Å². The Hall–Kier alpha value is -1.09. The van der Waals surface area contributed by atoms with E-state index in [-0.39, 0.29) is 5.82 Å². The van der Waals surface area contributed by atoms with Crippen LogP contribution in [-0.2, 0) is 6.54 Å². The largest absolute Gasteiger partial charge is 0.366 e. The maximum Gasteiger partial charge on any atom is 0.146 e. The lowest BCUT2D eigenvalue weighted by Gasteiger charge is -2.26. The lowest BCUT2D eigenvalue weighted by Crippen LogP contribution is -2.29. The predicted molar refractivity (Wildman–Crippen MR) is 74.4 cm³/mol. The van der Waals surface area contributed by atoms with Gasteiger partial charge in [-0.3, -0.25) is 0 Å². The molecule has 1 unspecified atom stereocenters. The normalized spacial score (nSPS) is 19.5. The highest BCUT2D eigenvalue weighted by atomic mass is 19.1. The van der Waals surface area contributed by atoms with Crippen molar-refractivity contribution in [1.82, 2.24) is 5.32 Å². The van der Waals surface area contributed by atoms with Gasteiger partial charge in [-0.15, -0.1) is 0 Å². The molecule has 3 heteroatoms. The molecule has 0 aliphatic carbocycles. The van der Waals surface area contributed by atoms with E-state index in [4.69, 9.17) is 0 Å². The Labute approximate surface area is 109 Å². The van der Waals surface area contributed by atoms with Crippen LogP contribution in [0.15, 0.2) is 18.2 Å². The lowest BCUT2D eigenvalue weighted by molar-refractivity contribution is 0.594. The molecule has 1 aromatic carbocycles. The van der Waals surface area contributed by atoms with E-state index in [2.05, 4.69) is 24.1 Å². The Balaban J connectivity index is 2.14. The SMILES string of the molecule is CCNCc1ccc(N2CCCC2CC)c(F)c1. The number of hydrogen-bond donors (Lipinski definition) is 1. The van der Waals surface area contributed by atoms with Crippen LogP contribution in [0.5, 0.6) is 0 Å². The molecule has 0 aromatic heterocycles. The number of nitrogens with one attached hydrogen (secondary N) is 1. The first-order valence-corrected chi connectivity index (χ1v) is 7.02. The van der Waals surface area contributed by atoms with Gasteiger partial charge in [0.1, 0.15) is 5.82 Å². The Morgan fingerprint density at radius 2 is 2.22 bits per heavy atom. The first kappa shape index (κ1) is 13.3. The van der Waals surface area contributed by atoms with Crippen molar-refractivity contribution in [3.05, 3.63) is 29.6 Å². The summed E-state index contributed by atoms with van der Waals surface area (Å²) in [5.41, 5.74) is 1.80. The topological polar surface area (TPSA) is 15.3 Å². The van der Waals surface area contributed by atoms with Crippen LogP contribution in [-0.4, -0.2) is 19.1 Å². The van der Waals surface area contributed by atoms with Crippen molar-refractivity contribution in [2.75, 3.05) is 18.0 Å². The molecule has 0 spiro atoms. The first-order valence-electron chi connectivity index (χ1n) is 7.02. The minimum absolute atomic E-state index is 0.0780. The van der Waals surface area contributed by atoms with Crippen molar-refractivity contribution in [3.8, 4) is 0 Å². The molecule has 0 radical (unpaired) electrons. The van der Waals surface area contributed by atoms with Gasteiger partial charge in [0, 0.05) is 19.1 Å². The maximum absolute atomic E-state index is 14.2. The van der Waals surface area contributed by atoms with Gasteiger partial charge in [0.05, 0.1) is 5.69 Å². The molecule has 18 heavy (non-hydrogen) atoms. The number of nitrogens with zero attached hydrogens (tertiary/aromatic N) is 1. The van der Waals surface area contributed by atoms with E-state index >= 15 is 0 Å². The molecule has 100 valence electrons. The summed E-state index contributed by atoms with van der Waals surface area (Å²) in [5.74, 6) is -0.0780. The smallest absolute Gasteiger partial charge is 0.146 e. The number of benzene rings is 1. The quantitative estimate of drug-likeness (QED) is 0.862. The molecule has 0 bridgehead atoms. The minimum atomic E-state index is -0.0780. The summed E-state index contributed by atoms with van der Waals surface area (Å²) >= 11 is 0. The third kappa shape index (κ3) is 2.83. The molecule has 0 saturated carbocycles. The lowest BCUT2D eigenvalue weighted by atomic mass is 10.1. The van der Waals surface area contributed by atoms with Crippen molar-refractivity contribution in [1.29, 1.82) is 0 Å². The molecule has 2 rings (SSSR count). The molecule has 1 atom stereocenters. The molecule has 1 heterocycles. The number of hydrogen-bond acceptors (Lipinski definition) is 2. The second kappa shape index (κ2) is 6.19. The minimum Gasteiger partial charge on any atom is -0.366 e. The molecule has 1 N–H and O–H groups in total. The van der Waals surface area contributed by atoms with E-state index in [0.29, 0.717) is 6.04 Å². The standard InChI is InChI=1S/C15H23FN2/c1-3-13-6-5-9-18(13)15-8-7-12(10-14(15)16)11-17-4-2/h7-8,10,13,17H,3-6,9,11H2,1-2H3. The van der Waals surface area contributed by atoms with Crippen LogP contribution in [0, 0.1) is 5.82 Å². The van der Waals surface area contributed by atoms with Crippen LogP contribution >= 0.6 is 0 Å². The summed E-state index contributed by atoms with van der Waals surface area (Å²) < 4.78 is 14.2. The molecular weight excluding hydrogens is 227 g/mol. The predicted octanol–water partition coefficient (Wildman–Crippen LogP) is 3.31. The highest BCUT2D eigenvalue weighted by molar-refractivity contribution is 5.51. The second-order valence-electron chi connectivity index (χ2n) is 4.96. The maximum atomic E-state index is 14.2. The monoisotopic (exact) mass is 250 g/mol. The highest BCUT2D eigenvalue weighted by Crippen LogP contribution is 2.29. The summed E-state index contributed by atoms with van der Waals surface area (Å²) in [6.07, 6.45) is 3.46. The van der Waals surface area contributed by atoms with Gasteiger partial charge >= 0.3 is 0 Å². The van der Waals surface area contributed by atoms with Gasteiger partial charge in [0.15, 0.2) is 0 Å². The summed E-state index contributed by atoms with van der Waals surface area (Å²) in [5, 5.41) is 3.22. The Kier molecular flexibility index (Phi) is 4.59. The van der Waals surface area contributed by atoms with Gasteiger partial charge in [-0.1, -0.05) is 19.9 Å². The Bertz CT molecular complexity index is 392. The summed E-state index contributed by atoms with van der Waals surface area (Å²) in [6.45, 7) is 6.88. The molecule has 2 nitrogen and oxygen atoms in total. The van der Waals surface area contributed by atoms with Crippen molar-refractivity contribution in [2.45, 2.75) is 45.7 Å². The number of anilines is 1. The van der Waals surface area contributed by atoms with Gasteiger partial charge in [-0.2, -0.15) is 0 Å². The van der Waals surface area contributed by atoms with Crippen LogP contribution in [0.2, 0.25) is 0 Å². The van der Waals surface area contributed by atoms with Crippen molar-refractivity contribution < 1.29 is 4.39 Å². The molecule has 1 saturated heterocycles. The van der Waals surface area contributed by atoms with Gasteiger partial charge in [0.2, 0.25) is 0 Å². The van der Waals surface area contributed by atoms with E-state index < -0.39 is 0 Å². The summed E-state index contributed by atoms with van der Waals surface area (Å²) in [6, 6.07) is 6.16. The number of rotatable bonds is 5. The summed E-state index contributed by atoms with van der Waals surface area (Å²) in [7, 11) is 0. The molecule has 1 aromatic rings. The van der Waals surface area contributed by atoms with Crippen molar-refractivity contribution >= 4 is 5.69 Å². The van der Waals surface area contributed by atoms with Crippen LogP contribution in [0.3, 0.4) is 0 Å². The molecule has 1 aliphatic heterocycles. The average Bonchev–Trinajstić information content (AvgIpc) is 2.84. The molecule has 1 fully saturated rings. The van der Waals surface area contributed by atoms with Crippen molar-refractivity contribution in [3.63, 3.8) is 0 Å². The molecule has 1 aliphatic rings. The third-order valence-corrected chi connectivity index (χ3v) is 3.75. The number of halogens is 1. The van der Waals surface area contributed by atoms with E-state index in [9.17, 15) is 4.39 Å².